The minimum atomic E-state index is -0.0561. The Morgan fingerprint density at radius 3 is 2.53 bits per heavy atom. The fourth-order valence-corrected chi connectivity index (χ4v) is 2.42. The van der Waals surface area contributed by atoms with Crippen molar-refractivity contribution in [2.24, 2.45) is 0 Å². The van der Waals surface area contributed by atoms with Gasteiger partial charge in [-0.25, -0.2) is 4.98 Å². The van der Waals surface area contributed by atoms with Crippen LogP contribution in [0, 0.1) is 0 Å². The molecule has 4 heteroatoms. The van der Waals surface area contributed by atoms with Crippen molar-refractivity contribution in [3.8, 4) is 11.3 Å². The predicted octanol–water partition coefficient (Wildman–Crippen LogP) is 3.86. The van der Waals surface area contributed by atoms with Crippen LogP contribution in [0.15, 0.2) is 48.5 Å². The Balaban J connectivity index is 2.40. The molecule has 0 radical (unpaired) electrons. The van der Waals surface area contributed by atoms with Crippen molar-refractivity contribution in [1.82, 2.24) is 9.38 Å². The van der Waals surface area contributed by atoms with Crippen LogP contribution in [-0.4, -0.2) is 15.2 Å². The van der Waals surface area contributed by atoms with Crippen LogP contribution in [0.5, 0.6) is 0 Å². The highest BCUT2D eigenvalue weighted by atomic mass is 35.5. The molecule has 0 atom stereocenters. The van der Waals surface area contributed by atoms with Gasteiger partial charge in [0.05, 0.1) is 0 Å². The molecule has 19 heavy (non-hydrogen) atoms. The second-order valence-electron chi connectivity index (χ2n) is 4.27. The Labute approximate surface area is 115 Å². The molecule has 0 aliphatic carbocycles. The molecule has 2 aromatic heterocycles. The van der Waals surface area contributed by atoms with Gasteiger partial charge in [0, 0.05) is 12.5 Å². The lowest BCUT2D eigenvalue weighted by Crippen LogP contribution is -2.01. The molecule has 0 unspecified atom stereocenters. The number of carbonyl (C=O) groups is 1. The first kappa shape index (κ1) is 11.9. The second kappa shape index (κ2) is 4.52. The van der Waals surface area contributed by atoms with E-state index in [0.29, 0.717) is 22.2 Å². The van der Waals surface area contributed by atoms with Crippen molar-refractivity contribution >= 4 is 23.0 Å². The standard InChI is InChI=1S/C15H11ClN2O/c1-10(19)15-14(11-6-3-2-4-7-11)17-13-9-5-8-12(16)18(13)15/h2-9H,1H3. The van der Waals surface area contributed by atoms with Crippen LogP contribution in [0.25, 0.3) is 16.9 Å². The van der Waals surface area contributed by atoms with Crippen molar-refractivity contribution in [1.29, 1.82) is 0 Å². The fourth-order valence-electron chi connectivity index (χ4n) is 2.18. The molecule has 0 saturated carbocycles. The summed E-state index contributed by atoms with van der Waals surface area (Å²) in [6.07, 6.45) is 0. The van der Waals surface area contributed by atoms with Crippen molar-refractivity contribution in [3.05, 3.63) is 59.4 Å². The monoisotopic (exact) mass is 270 g/mol. The molecule has 94 valence electrons. The first-order chi connectivity index (χ1) is 9.18. The number of halogens is 1. The molecule has 1 aromatic carbocycles. The number of carbonyl (C=O) groups excluding carboxylic acids is 1. The number of imidazole rings is 1. The normalized spacial score (nSPS) is 10.8. The van der Waals surface area contributed by atoms with Crippen LogP contribution in [-0.2, 0) is 0 Å². The van der Waals surface area contributed by atoms with Crippen molar-refractivity contribution < 1.29 is 4.79 Å². The fraction of sp³-hybridized carbons (Fsp3) is 0.0667. The summed E-state index contributed by atoms with van der Waals surface area (Å²) in [5, 5.41) is 0.484. The molecule has 0 aliphatic heterocycles. The van der Waals surface area contributed by atoms with E-state index in [9.17, 15) is 4.79 Å². The first-order valence-corrected chi connectivity index (χ1v) is 6.29. The van der Waals surface area contributed by atoms with E-state index in [1.807, 2.05) is 42.5 Å². The van der Waals surface area contributed by atoms with Crippen LogP contribution < -0.4 is 0 Å². The summed E-state index contributed by atoms with van der Waals surface area (Å²) in [6, 6.07) is 15.0. The number of ketones is 1. The summed E-state index contributed by atoms with van der Waals surface area (Å²) < 4.78 is 1.69. The van der Waals surface area contributed by atoms with Gasteiger partial charge in [-0.05, 0) is 12.1 Å². The number of fused-ring (bicyclic) bond motifs is 1. The quantitative estimate of drug-likeness (QED) is 0.523. The van der Waals surface area contributed by atoms with E-state index in [1.165, 1.54) is 6.92 Å². The summed E-state index contributed by atoms with van der Waals surface area (Å²) in [5.74, 6) is -0.0561. The molecule has 0 N–H and O–H groups in total. The van der Waals surface area contributed by atoms with E-state index >= 15 is 0 Å². The van der Waals surface area contributed by atoms with Crippen LogP contribution in [0.2, 0.25) is 5.15 Å². The number of nitrogens with zero attached hydrogens (tertiary/aromatic N) is 2. The summed E-state index contributed by atoms with van der Waals surface area (Å²) in [5.41, 5.74) is 2.78. The third kappa shape index (κ3) is 1.92. The summed E-state index contributed by atoms with van der Waals surface area (Å²) >= 11 is 6.18. The molecule has 0 spiro atoms. The number of hydrogen-bond acceptors (Lipinski definition) is 2. The van der Waals surface area contributed by atoms with Gasteiger partial charge in [0.15, 0.2) is 5.78 Å². The van der Waals surface area contributed by atoms with Gasteiger partial charge in [-0.1, -0.05) is 48.0 Å². The van der Waals surface area contributed by atoms with Gasteiger partial charge in [-0.15, -0.1) is 0 Å². The molecule has 3 aromatic rings. The SMILES string of the molecule is CC(=O)c1c(-c2ccccc2)nc2cccc(Cl)n12. The Morgan fingerprint density at radius 2 is 1.84 bits per heavy atom. The minimum Gasteiger partial charge on any atom is -0.293 e. The van der Waals surface area contributed by atoms with E-state index in [2.05, 4.69) is 4.98 Å². The molecule has 3 nitrogen and oxygen atoms in total. The van der Waals surface area contributed by atoms with Gasteiger partial charge in [0.25, 0.3) is 0 Å². The van der Waals surface area contributed by atoms with E-state index in [0.717, 1.165) is 5.56 Å². The maximum atomic E-state index is 11.9. The van der Waals surface area contributed by atoms with Gasteiger partial charge in [0.2, 0.25) is 0 Å². The Hall–Kier alpha value is -2.13. The zero-order valence-corrected chi connectivity index (χ0v) is 11.1. The van der Waals surface area contributed by atoms with Crippen LogP contribution in [0.1, 0.15) is 17.4 Å². The number of Topliss-reactive ketones (excluding diaryl/α,β-unsaturated/α-hetero) is 1. The number of rotatable bonds is 2. The highest BCUT2D eigenvalue weighted by molar-refractivity contribution is 6.30. The lowest BCUT2D eigenvalue weighted by Gasteiger charge is -2.02. The van der Waals surface area contributed by atoms with Crippen LogP contribution >= 0.6 is 11.6 Å². The third-order valence-electron chi connectivity index (χ3n) is 2.98. The lowest BCUT2D eigenvalue weighted by atomic mass is 10.1. The molecule has 0 aliphatic rings. The minimum absolute atomic E-state index is 0.0561. The highest BCUT2D eigenvalue weighted by Gasteiger charge is 2.18. The average Bonchev–Trinajstić information content (AvgIpc) is 2.81. The average molecular weight is 271 g/mol. The highest BCUT2D eigenvalue weighted by Crippen LogP contribution is 2.27. The van der Waals surface area contributed by atoms with E-state index in [1.54, 1.807) is 10.5 Å². The van der Waals surface area contributed by atoms with Crippen molar-refractivity contribution in [2.45, 2.75) is 6.92 Å². The van der Waals surface area contributed by atoms with Crippen LogP contribution in [0.3, 0.4) is 0 Å². The molecular formula is C15H11ClN2O. The predicted molar refractivity (Wildman–Crippen MR) is 75.6 cm³/mol. The zero-order valence-electron chi connectivity index (χ0n) is 10.3. The Kier molecular flexibility index (Phi) is 2.84. The molecule has 0 fully saturated rings. The molecule has 3 rings (SSSR count). The second-order valence-corrected chi connectivity index (χ2v) is 4.66. The molecule has 0 saturated heterocycles. The zero-order chi connectivity index (χ0) is 13.4. The Morgan fingerprint density at radius 1 is 1.11 bits per heavy atom. The molecule has 2 heterocycles. The number of pyridine rings is 1. The summed E-state index contributed by atoms with van der Waals surface area (Å²) in [6.45, 7) is 1.53. The smallest absolute Gasteiger partial charge is 0.178 e. The number of benzene rings is 1. The molecule has 0 amide bonds. The van der Waals surface area contributed by atoms with Crippen molar-refractivity contribution in [3.63, 3.8) is 0 Å². The summed E-state index contributed by atoms with van der Waals surface area (Å²) in [7, 11) is 0. The van der Waals surface area contributed by atoms with E-state index < -0.39 is 0 Å². The van der Waals surface area contributed by atoms with E-state index in [4.69, 9.17) is 11.6 Å². The first-order valence-electron chi connectivity index (χ1n) is 5.92. The topological polar surface area (TPSA) is 34.4 Å². The van der Waals surface area contributed by atoms with Gasteiger partial charge >= 0.3 is 0 Å². The lowest BCUT2D eigenvalue weighted by molar-refractivity contribution is 0.101. The van der Waals surface area contributed by atoms with Gasteiger partial charge in [-0.3, -0.25) is 9.20 Å². The summed E-state index contributed by atoms with van der Waals surface area (Å²) in [4.78, 5) is 16.5. The van der Waals surface area contributed by atoms with Crippen molar-refractivity contribution in [2.75, 3.05) is 0 Å². The number of aromatic nitrogens is 2. The third-order valence-corrected chi connectivity index (χ3v) is 3.27. The van der Waals surface area contributed by atoms with Gasteiger partial charge < -0.3 is 0 Å². The maximum absolute atomic E-state index is 11.9. The van der Waals surface area contributed by atoms with E-state index in [-0.39, 0.29) is 5.78 Å². The largest absolute Gasteiger partial charge is 0.293 e. The molecule has 0 bridgehead atoms. The van der Waals surface area contributed by atoms with Gasteiger partial charge in [0.1, 0.15) is 22.2 Å². The molecular weight excluding hydrogens is 260 g/mol. The van der Waals surface area contributed by atoms with Crippen LogP contribution in [0.4, 0.5) is 0 Å². The Bertz CT molecular complexity index is 762. The maximum Gasteiger partial charge on any atom is 0.178 e. The number of hydrogen-bond donors (Lipinski definition) is 0. The van der Waals surface area contributed by atoms with Gasteiger partial charge in [-0.2, -0.15) is 0 Å².